The molecule has 1 aliphatic heterocycles. The van der Waals surface area contributed by atoms with Crippen molar-refractivity contribution in [3.8, 4) is 0 Å². The van der Waals surface area contributed by atoms with Crippen molar-refractivity contribution in [3.63, 3.8) is 0 Å². The van der Waals surface area contributed by atoms with E-state index >= 15 is 0 Å². The summed E-state index contributed by atoms with van der Waals surface area (Å²) in [6, 6.07) is 3.12. The molecule has 7 heteroatoms. The molecule has 0 bridgehead atoms. The van der Waals surface area contributed by atoms with Crippen LogP contribution in [0.2, 0.25) is 5.02 Å². The standard InChI is InChI=1S/C14H13ClFNO3S/c15-11-8(2-1-3-9(11)16)12(18)17-10(14(19)20)6-21-13(17)7-4-5-7/h1-3,7,10,13H,4-6H2,(H,19,20). The normalized spacial score (nSPS) is 25.1. The third kappa shape index (κ3) is 2.62. The van der Waals surface area contributed by atoms with E-state index in [9.17, 15) is 19.1 Å². The van der Waals surface area contributed by atoms with Crippen LogP contribution < -0.4 is 0 Å². The highest BCUT2D eigenvalue weighted by Crippen LogP contribution is 2.46. The summed E-state index contributed by atoms with van der Waals surface area (Å²) < 4.78 is 13.5. The molecule has 0 spiro atoms. The maximum atomic E-state index is 13.5. The summed E-state index contributed by atoms with van der Waals surface area (Å²) in [5.41, 5.74) is 0.0241. The van der Waals surface area contributed by atoms with Crippen molar-refractivity contribution in [3.05, 3.63) is 34.6 Å². The Morgan fingerprint density at radius 2 is 2.10 bits per heavy atom. The molecule has 0 radical (unpaired) electrons. The van der Waals surface area contributed by atoms with Crippen molar-refractivity contribution in [2.24, 2.45) is 5.92 Å². The van der Waals surface area contributed by atoms with Gasteiger partial charge in [-0.3, -0.25) is 4.79 Å². The smallest absolute Gasteiger partial charge is 0.327 e. The second-order valence-electron chi connectivity index (χ2n) is 5.23. The summed E-state index contributed by atoms with van der Waals surface area (Å²) in [5, 5.41) is 8.90. The van der Waals surface area contributed by atoms with Crippen molar-refractivity contribution >= 4 is 35.2 Å². The summed E-state index contributed by atoms with van der Waals surface area (Å²) >= 11 is 7.34. The maximum absolute atomic E-state index is 13.5. The molecule has 112 valence electrons. The Balaban J connectivity index is 1.96. The molecule has 1 saturated carbocycles. The molecular weight excluding hydrogens is 317 g/mol. The van der Waals surface area contributed by atoms with E-state index in [2.05, 4.69) is 0 Å². The van der Waals surface area contributed by atoms with Gasteiger partial charge >= 0.3 is 5.97 Å². The second kappa shape index (κ2) is 5.50. The van der Waals surface area contributed by atoms with E-state index in [0.717, 1.165) is 12.8 Å². The van der Waals surface area contributed by atoms with Gasteiger partial charge in [-0.05, 0) is 30.9 Å². The van der Waals surface area contributed by atoms with Gasteiger partial charge in [0.05, 0.1) is 16.0 Å². The summed E-state index contributed by atoms with van der Waals surface area (Å²) in [6.07, 6.45) is 1.98. The first-order valence-electron chi connectivity index (χ1n) is 6.61. The molecule has 21 heavy (non-hydrogen) atoms. The van der Waals surface area contributed by atoms with Gasteiger partial charge in [0.25, 0.3) is 5.91 Å². The average Bonchev–Trinajstić information content (AvgIpc) is 3.19. The van der Waals surface area contributed by atoms with Gasteiger partial charge in [0.1, 0.15) is 11.9 Å². The Hall–Kier alpha value is -1.27. The van der Waals surface area contributed by atoms with Gasteiger partial charge in [0, 0.05) is 5.75 Å². The molecule has 2 atom stereocenters. The van der Waals surface area contributed by atoms with E-state index in [1.54, 1.807) is 0 Å². The Kier molecular flexibility index (Phi) is 3.84. The first kappa shape index (κ1) is 14.7. The number of carboxylic acid groups (broad SMARTS) is 1. The lowest BCUT2D eigenvalue weighted by Gasteiger charge is -2.27. The number of rotatable bonds is 3. The SMILES string of the molecule is O=C(O)C1CSC(C2CC2)N1C(=O)c1cccc(F)c1Cl. The van der Waals surface area contributed by atoms with Crippen molar-refractivity contribution in [2.45, 2.75) is 24.3 Å². The molecule has 1 N–H and O–H groups in total. The van der Waals surface area contributed by atoms with E-state index in [1.807, 2.05) is 0 Å². The van der Waals surface area contributed by atoms with Crippen molar-refractivity contribution in [1.29, 1.82) is 0 Å². The quantitative estimate of drug-likeness (QED) is 0.926. The first-order valence-corrected chi connectivity index (χ1v) is 8.04. The number of hydrogen-bond acceptors (Lipinski definition) is 3. The molecule has 2 aliphatic rings. The monoisotopic (exact) mass is 329 g/mol. The van der Waals surface area contributed by atoms with Crippen LogP contribution in [-0.2, 0) is 4.79 Å². The number of amides is 1. The molecule has 1 aromatic rings. The Bertz CT molecular complexity index is 608. The topological polar surface area (TPSA) is 57.6 Å². The van der Waals surface area contributed by atoms with Gasteiger partial charge in [-0.15, -0.1) is 11.8 Å². The highest BCUT2D eigenvalue weighted by Gasteiger charge is 2.48. The summed E-state index contributed by atoms with van der Waals surface area (Å²) in [5.74, 6) is -1.53. The van der Waals surface area contributed by atoms with Crippen LogP contribution in [-0.4, -0.2) is 39.1 Å². The van der Waals surface area contributed by atoms with Crippen LogP contribution in [0.15, 0.2) is 18.2 Å². The number of hydrogen-bond donors (Lipinski definition) is 1. The van der Waals surface area contributed by atoms with Crippen molar-refractivity contribution in [2.75, 3.05) is 5.75 Å². The van der Waals surface area contributed by atoms with Crippen LogP contribution in [0.25, 0.3) is 0 Å². The minimum absolute atomic E-state index is 0.0241. The number of aliphatic carboxylic acids is 1. The lowest BCUT2D eigenvalue weighted by molar-refractivity contribution is -0.141. The number of benzene rings is 1. The largest absolute Gasteiger partial charge is 0.480 e. The van der Waals surface area contributed by atoms with E-state index in [1.165, 1.54) is 34.9 Å². The van der Waals surface area contributed by atoms with Gasteiger partial charge < -0.3 is 10.0 Å². The molecule has 2 unspecified atom stereocenters. The molecule has 1 amide bonds. The maximum Gasteiger partial charge on any atom is 0.327 e. The zero-order valence-corrected chi connectivity index (χ0v) is 12.5. The zero-order chi connectivity index (χ0) is 15.1. The molecule has 1 aromatic carbocycles. The molecule has 1 saturated heterocycles. The van der Waals surface area contributed by atoms with Gasteiger partial charge in [0.15, 0.2) is 0 Å². The number of nitrogens with zero attached hydrogens (tertiary/aromatic N) is 1. The van der Waals surface area contributed by atoms with E-state index in [-0.39, 0.29) is 16.0 Å². The predicted molar refractivity (Wildman–Crippen MR) is 78.0 cm³/mol. The number of halogens is 2. The minimum Gasteiger partial charge on any atom is -0.480 e. The van der Waals surface area contributed by atoms with Crippen LogP contribution in [0.4, 0.5) is 4.39 Å². The number of thioether (sulfide) groups is 1. The summed E-state index contributed by atoms with van der Waals surface area (Å²) in [4.78, 5) is 25.4. The Labute approximate surface area is 130 Å². The molecular formula is C14H13ClFNO3S. The van der Waals surface area contributed by atoms with Crippen molar-refractivity contribution < 1.29 is 19.1 Å². The van der Waals surface area contributed by atoms with Crippen LogP contribution in [0.1, 0.15) is 23.2 Å². The summed E-state index contributed by atoms with van der Waals surface area (Å²) in [7, 11) is 0. The fraction of sp³-hybridized carbons (Fsp3) is 0.429. The lowest BCUT2D eigenvalue weighted by Crippen LogP contribution is -2.46. The Morgan fingerprint density at radius 1 is 1.38 bits per heavy atom. The Morgan fingerprint density at radius 3 is 2.71 bits per heavy atom. The average molecular weight is 330 g/mol. The highest BCUT2D eigenvalue weighted by molar-refractivity contribution is 8.00. The third-order valence-corrected chi connectivity index (χ3v) is 5.61. The van der Waals surface area contributed by atoms with Crippen molar-refractivity contribution in [1.82, 2.24) is 4.90 Å². The highest BCUT2D eigenvalue weighted by atomic mass is 35.5. The molecule has 1 heterocycles. The van der Waals surface area contributed by atoms with Gasteiger partial charge in [-0.1, -0.05) is 17.7 Å². The summed E-state index contributed by atoms with van der Waals surface area (Å²) in [6.45, 7) is 0. The molecule has 0 aromatic heterocycles. The van der Waals surface area contributed by atoms with Gasteiger partial charge in [-0.2, -0.15) is 0 Å². The number of carbonyl (C=O) groups excluding carboxylic acids is 1. The molecule has 4 nitrogen and oxygen atoms in total. The molecule has 3 rings (SSSR count). The fourth-order valence-electron chi connectivity index (χ4n) is 2.53. The fourth-order valence-corrected chi connectivity index (χ4v) is 4.36. The zero-order valence-electron chi connectivity index (χ0n) is 11.0. The molecule has 1 aliphatic carbocycles. The van der Waals surface area contributed by atoms with E-state index < -0.39 is 23.7 Å². The minimum atomic E-state index is -1.04. The van der Waals surface area contributed by atoms with E-state index in [0.29, 0.717) is 11.7 Å². The number of carboxylic acids is 1. The van der Waals surface area contributed by atoms with Crippen LogP contribution in [0, 0.1) is 11.7 Å². The van der Waals surface area contributed by atoms with Crippen LogP contribution in [0.5, 0.6) is 0 Å². The lowest BCUT2D eigenvalue weighted by atomic mass is 10.1. The molecule has 2 fully saturated rings. The van der Waals surface area contributed by atoms with Gasteiger partial charge in [0.2, 0.25) is 0 Å². The van der Waals surface area contributed by atoms with Gasteiger partial charge in [-0.25, -0.2) is 9.18 Å². The second-order valence-corrected chi connectivity index (χ2v) is 6.76. The third-order valence-electron chi connectivity index (χ3n) is 3.76. The van der Waals surface area contributed by atoms with E-state index in [4.69, 9.17) is 11.6 Å². The first-order chi connectivity index (χ1) is 10.0. The predicted octanol–water partition coefficient (Wildman–Crippen LogP) is 2.86. The van der Waals surface area contributed by atoms with Crippen LogP contribution >= 0.6 is 23.4 Å². The number of carbonyl (C=O) groups is 2. The van der Waals surface area contributed by atoms with Crippen LogP contribution in [0.3, 0.4) is 0 Å².